The third-order valence-corrected chi connectivity index (χ3v) is 5.02. The molecule has 0 heterocycles. The maximum Gasteiger partial charge on any atom is 2.00 e. The quantitative estimate of drug-likeness (QED) is 0.320. The third kappa shape index (κ3) is 5.14. The average Bonchev–Trinajstić information content (AvgIpc) is 3.23. The van der Waals surface area contributed by atoms with E-state index in [9.17, 15) is 0 Å². The van der Waals surface area contributed by atoms with Gasteiger partial charge in [-0.05, 0) is 10.8 Å². The van der Waals surface area contributed by atoms with E-state index in [4.69, 9.17) is 0 Å². The van der Waals surface area contributed by atoms with Gasteiger partial charge in [-0.25, -0.2) is 12.2 Å². The van der Waals surface area contributed by atoms with Crippen LogP contribution in [-0.2, 0) is 37.0 Å². The molecule has 27 heavy (non-hydrogen) atoms. The van der Waals surface area contributed by atoms with Crippen LogP contribution in [-0.4, -0.2) is 0 Å². The third-order valence-electron chi connectivity index (χ3n) is 5.02. The fraction of sp³-hybridized carbons (Fsp3) is 0.346. The van der Waals surface area contributed by atoms with Crippen molar-refractivity contribution in [1.82, 2.24) is 0 Å². The van der Waals surface area contributed by atoms with Crippen LogP contribution in [0.5, 0.6) is 0 Å². The molecule has 0 nitrogen and oxygen atoms in total. The molecule has 0 atom stereocenters. The van der Waals surface area contributed by atoms with Gasteiger partial charge in [0, 0.05) is 0 Å². The summed E-state index contributed by atoms with van der Waals surface area (Å²) in [6, 6.07) is 16.2. The van der Waals surface area contributed by atoms with Crippen molar-refractivity contribution in [2.75, 3.05) is 0 Å². The largest absolute Gasteiger partial charge is 2.00 e. The Morgan fingerprint density at radius 3 is 1.56 bits per heavy atom. The first-order valence-corrected chi connectivity index (χ1v) is 9.52. The molecule has 0 saturated heterocycles. The Hall–Kier alpha value is -1.33. The van der Waals surface area contributed by atoms with Crippen LogP contribution in [0.25, 0.3) is 21.5 Å². The first-order chi connectivity index (χ1) is 12.2. The minimum Gasteiger partial charge on any atom is -0.273 e. The molecular formula is C26H30Zr. The van der Waals surface area contributed by atoms with E-state index in [1.807, 2.05) is 12.2 Å². The van der Waals surface area contributed by atoms with Gasteiger partial charge < -0.3 is 0 Å². The number of hydrogen-bond donors (Lipinski definition) is 0. The van der Waals surface area contributed by atoms with Crippen molar-refractivity contribution in [1.29, 1.82) is 0 Å². The Bertz CT molecular complexity index is 891. The van der Waals surface area contributed by atoms with Crippen molar-refractivity contribution in [3.8, 4) is 0 Å². The topological polar surface area (TPSA) is 0 Å². The summed E-state index contributed by atoms with van der Waals surface area (Å²) in [5.41, 5.74) is 3.21. The normalized spacial score (nSPS) is 13.6. The van der Waals surface area contributed by atoms with Crippen molar-refractivity contribution in [3.05, 3.63) is 77.9 Å². The second kappa shape index (κ2) is 8.36. The number of rotatable bonds is 0. The molecule has 138 valence electrons. The molecule has 1 heteroatoms. The second-order valence-corrected chi connectivity index (χ2v) is 9.25. The van der Waals surface area contributed by atoms with E-state index in [0.29, 0.717) is 0 Å². The van der Waals surface area contributed by atoms with E-state index in [-0.39, 0.29) is 37.0 Å². The Morgan fingerprint density at radius 1 is 0.778 bits per heavy atom. The molecular weight excluding hydrogens is 404 g/mol. The van der Waals surface area contributed by atoms with E-state index >= 15 is 0 Å². The molecule has 4 rings (SSSR count). The number of allylic oxidation sites excluding steroid dienone is 4. The summed E-state index contributed by atoms with van der Waals surface area (Å²) in [5, 5.41) is 5.48. The van der Waals surface area contributed by atoms with Gasteiger partial charge in [-0.1, -0.05) is 76.9 Å². The molecule has 0 amide bonds. The van der Waals surface area contributed by atoms with Crippen LogP contribution in [0.2, 0.25) is 0 Å². The molecule has 0 saturated carbocycles. The molecule has 0 N–H and O–H groups in total. The average molecular weight is 434 g/mol. The van der Waals surface area contributed by atoms with Gasteiger partial charge in [0.1, 0.15) is 0 Å². The fourth-order valence-electron chi connectivity index (χ4n) is 3.30. The zero-order valence-electron chi connectivity index (χ0n) is 17.5. The summed E-state index contributed by atoms with van der Waals surface area (Å²) in [4.78, 5) is 0. The van der Waals surface area contributed by atoms with Gasteiger partial charge in [0.05, 0.1) is 0 Å². The Kier molecular flexibility index (Phi) is 6.80. The molecule has 0 aromatic heterocycles. The van der Waals surface area contributed by atoms with Crippen LogP contribution in [0.1, 0.15) is 59.1 Å². The fourth-order valence-corrected chi connectivity index (χ4v) is 3.30. The van der Waals surface area contributed by atoms with Crippen molar-refractivity contribution in [2.24, 2.45) is 0 Å². The molecule has 1 aliphatic carbocycles. The van der Waals surface area contributed by atoms with Crippen LogP contribution >= 0.6 is 0 Å². The van der Waals surface area contributed by atoms with E-state index < -0.39 is 0 Å². The minimum atomic E-state index is 0. The van der Waals surface area contributed by atoms with Crippen LogP contribution in [0.4, 0.5) is 0 Å². The van der Waals surface area contributed by atoms with Gasteiger partial charge in [-0.3, -0.25) is 6.08 Å². The zero-order chi connectivity index (χ0) is 18.9. The first kappa shape index (κ1) is 22.0. The molecule has 1 aliphatic rings. The minimum absolute atomic E-state index is 0. The molecule has 0 spiro atoms. The van der Waals surface area contributed by atoms with Crippen LogP contribution in [0, 0.1) is 6.08 Å². The summed E-state index contributed by atoms with van der Waals surface area (Å²) < 4.78 is 0. The number of benzene rings is 2. The molecule has 0 unspecified atom stereocenters. The van der Waals surface area contributed by atoms with Crippen molar-refractivity contribution >= 4 is 21.5 Å². The van der Waals surface area contributed by atoms with Crippen molar-refractivity contribution in [2.45, 2.75) is 58.8 Å². The van der Waals surface area contributed by atoms with Gasteiger partial charge in [-0.2, -0.15) is 6.08 Å². The predicted molar refractivity (Wildman–Crippen MR) is 116 cm³/mol. The van der Waals surface area contributed by atoms with Crippen LogP contribution in [0.15, 0.2) is 60.7 Å². The van der Waals surface area contributed by atoms with E-state index in [1.165, 1.54) is 32.7 Å². The summed E-state index contributed by atoms with van der Waals surface area (Å²) in [7, 11) is 0. The van der Waals surface area contributed by atoms with Crippen molar-refractivity contribution < 1.29 is 26.2 Å². The van der Waals surface area contributed by atoms with Crippen LogP contribution in [0.3, 0.4) is 0 Å². The van der Waals surface area contributed by atoms with Gasteiger partial charge >= 0.3 is 26.2 Å². The summed E-state index contributed by atoms with van der Waals surface area (Å²) in [6.07, 6.45) is 10.0. The summed E-state index contributed by atoms with van der Waals surface area (Å²) >= 11 is 0. The molecule has 3 aromatic rings. The first-order valence-electron chi connectivity index (χ1n) is 9.52. The zero-order valence-corrected chi connectivity index (χ0v) is 19.9. The Balaban J connectivity index is 0.000000379. The van der Waals surface area contributed by atoms with E-state index in [2.05, 4.69) is 96.2 Å². The van der Waals surface area contributed by atoms with Gasteiger partial charge in [0.15, 0.2) is 0 Å². The molecule has 0 bridgehead atoms. The maximum atomic E-state index is 2.99. The SMILES string of the molecule is CC(C)(C)c1ccc2c(c1)[cH-]c1cc(C(C)(C)C)ccc12.[C-]1=CC=CC1.[Zr+2]. The number of fused-ring (bicyclic) bond motifs is 3. The molecule has 0 fully saturated rings. The molecule has 0 aliphatic heterocycles. The van der Waals surface area contributed by atoms with Gasteiger partial charge in [0.2, 0.25) is 0 Å². The maximum absolute atomic E-state index is 2.99. The molecule has 3 aromatic carbocycles. The van der Waals surface area contributed by atoms with Crippen molar-refractivity contribution in [3.63, 3.8) is 0 Å². The summed E-state index contributed by atoms with van der Waals surface area (Å²) in [5.74, 6) is 0. The molecule has 0 radical (unpaired) electrons. The predicted octanol–water partition coefficient (Wildman–Crippen LogP) is 7.61. The standard InChI is InChI=1S/C21H25.C5H5.Zr/c1-20(2,3)16-7-9-18-14(12-16)11-15-13-17(21(4,5)6)8-10-19(15)18;1-2-4-5-3-1;/h7-13H,1-6H3;1-3H,4H2;/q2*-1;+2. The van der Waals surface area contributed by atoms with Gasteiger partial charge in [0.25, 0.3) is 0 Å². The summed E-state index contributed by atoms with van der Waals surface area (Å²) in [6.45, 7) is 13.6. The Labute approximate surface area is 183 Å². The van der Waals surface area contributed by atoms with Gasteiger partial charge in [-0.15, -0.1) is 46.2 Å². The second-order valence-electron chi connectivity index (χ2n) is 9.25. The number of hydrogen-bond acceptors (Lipinski definition) is 0. The van der Waals surface area contributed by atoms with E-state index in [1.54, 1.807) is 0 Å². The monoisotopic (exact) mass is 432 g/mol. The van der Waals surface area contributed by atoms with Crippen LogP contribution < -0.4 is 0 Å². The Morgan fingerprint density at radius 2 is 1.26 bits per heavy atom. The van der Waals surface area contributed by atoms with E-state index in [0.717, 1.165) is 6.42 Å². The smallest absolute Gasteiger partial charge is 0.273 e.